The van der Waals surface area contributed by atoms with Gasteiger partial charge in [-0.15, -0.1) is 11.8 Å². The van der Waals surface area contributed by atoms with Gasteiger partial charge in [-0.1, -0.05) is 60.7 Å². The van der Waals surface area contributed by atoms with Crippen molar-refractivity contribution in [2.75, 3.05) is 0 Å². The van der Waals surface area contributed by atoms with Gasteiger partial charge in [0.05, 0.1) is 4.75 Å². The fraction of sp³-hybridized carbons (Fsp3) is 0.333. The number of alkyl carbamates (subject to hydrolysis) is 1. The number of esters is 1. The highest BCUT2D eigenvalue weighted by atomic mass is 32.2. The predicted octanol–water partition coefficient (Wildman–Crippen LogP) is 2.16. The van der Waals surface area contributed by atoms with Crippen molar-refractivity contribution in [2.45, 2.75) is 48.9 Å². The standard InChI is InChI=1S/C24H25N3O6S/c1-23(2)24(21(30)32-13-16-9-5-3-6-10-16,27-19(29)18(25-15-28)20(27)34-23)26-22(31)33-14-17-11-7-4-8-12-17/h3-12,15,18,20H,13-14H2,1-2H3,(H,25,28)(H,26,31)/t18-,20-,24+/m1/s1. The van der Waals surface area contributed by atoms with Crippen molar-refractivity contribution < 1.29 is 28.7 Å². The number of carbonyl (C=O) groups is 4. The van der Waals surface area contributed by atoms with Gasteiger partial charge < -0.3 is 14.8 Å². The van der Waals surface area contributed by atoms with Crippen LogP contribution in [0.1, 0.15) is 25.0 Å². The molecule has 2 aromatic carbocycles. The van der Waals surface area contributed by atoms with E-state index < -0.39 is 39.8 Å². The van der Waals surface area contributed by atoms with E-state index in [9.17, 15) is 19.2 Å². The molecule has 2 aromatic rings. The topological polar surface area (TPSA) is 114 Å². The quantitative estimate of drug-likeness (QED) is 0.336. The van der Waals surface area contributed by atoms with Gasteiger partial charge in [-0.2, -0.15) is 0 Å². The van der Waals surface area contributed by atoms with Gasteiger partial charge >= 0.3 is 12.1 Å². The van der Waals surface area contributed by atoms with Crippen LogP contribution in [-0.2, 0) is 37.1 Å². The van der Waals surface area contributed by atoms with E-state index in [0.717, 1.165) is 11.1 Å². The second-order valence-electron chi connectivity index (χ2n) is 8.45. The molecule has 2 heterocycles. The molecule has 3 atom stereocenters. The lowest BCUT2D eigenvalue weighted by atomic mass is 9.88. The first-order valence-electron chi connectivity index (χ1n) is 10.7. The van der Waals surface area contributed by atoms with Crippen molar-refractivity contribution in [2.24, 2.45) is 0 Å². The van der Waals surface area contributed by atoms with E-state index >= 15 is 0 Å². The lowest BCUT2D eigenvalue weighted by Gasteiger charge is -2.49. The van der Waals surface area contributed by atoms with Crippen LogP contribution in [0.4, 0.5) is 4.79 Å². The Labute approximate surface area is 201 Å². The third kappa shape index (κ3) is 4.09. The number of hydrogen-bond donors (Lipinski definition) is 2. The maximum atomic E-state index is 13.6. The number of ether oxygens (including phenoxy) is 2. The van der Waals surface area contributed by atoms with Crippen molar-refractivity contribution in [1.29, 1.82) is 0 Å². The average Bonchev–Trinajstić information content (AvgIpc) is 3.05. The van der Waals surface area contributed by atoms with Gasteiger partial charge in [0.15, 0.2) is 0 Å². The minimum atomic E-state index is -1.83. The van der Waals surface area contributed by atoms with Crippen LogP contribution >= 0.6 is 11.8 Å². The Balaban J connectivity index is 1.59. The Morgan fingerprint density at radius 2 is 1.56 bits per heavy atom. The zero-order valence-electron chi connectivity index (χ0n) is 18.7. The molecule has 10 heteroatoms. The molecule has 9 nitrogen and oxygen atoms in total. The summed E-state index contributed by atoms with van der Waals surface area (Å²) in [5, 5.41) is 4.58. The van der Waals surface area contributed by atoms with Crippen molar-refractivity contribution >= 4 is 36.1 Å². The van der Waals surface area contributed by atoms with Crippen molar-refractivity contribution in [3.05, 3.63) is 71.8 Å². The number of amides is 3. The number of nitrogens with zero attached hydrogens (tertiary/aromatic N) is 1. The smallest absolute Gasteiger partial charge is 0.409 e. The molecular formula is C24H25N3O6S. The number of β-lactam (4-membered cyclic amide) rings is 1. The molecule has 3 amide bonds. The van der Waals surface area contributed by atoms with Crippen LogP contribution in [-0.4, -0.2) is 51.1 Å². The number of nitrogens with one attached hydrogen (secondary N) is 2. The molecule has 2 N–H and O–H groups in total. The summed E-state index contributed by atoms with van der Waals surface area (Å²) in [5.74, 6) is -1.28. The molecule has 2 saturated heterocycles. The lowest BCUT2D eigenvalue weighted by Crippen LogP contribution is -2.80. The Morgan fingerprint density at radius 1 is 1.00 bits per heavy atom. The van der Waals surface area contributed by atoms with E-state index in [1.54, 1.807) is 38.1 Å². The minimum absolute atomic E-state index is 0.0118. The molecule has 0 bridgehead atoms. The lowest BCUT2D eigenvalue weighted by molar-refractivity contribution is -0.179. The molecule has 0 spiro atoms. The second kappa shape index (κ2) is 9.38. The molecular weight excluding hydrogens is 458 g/mol. The summed E-state index contributed by atoms with van der Waals surface area (Å²) in [6, 6.07) is 17.4. The maximum Gasteiger partial charge on any atom is 0.409 e. The Bertz CT molecular complexity index is 1080. The van der Waals surface area contributed by atoms with Gasteiger partial charge in [-0.25, -0.2) is 9.59 Å². The summed E-state index contributed by atoms with van der Waals surface area (Å²) in [6.07, 6.45) is -0.419. The zero-order valence-corrected chi connectivity index (χ0v) is 19.5. The van der Waals surface area contributed by atoms with Gasteiger partial charge in [-0.3, -0.25) is 19.8 Å². The van der Waals surface area contributed by atoms with E-state index in [-0.39, 0.29) is 13.2 Å². The normalized spacial score (nSPS) is 24.4. The molecule has 34 heavy (non-hydrogen) atoms. The molecule has 0 radical (unpaired) electrons. The number of benzene rings is 2. The molecule has 2 aliphatic rings. The summed E-state index contributed by atoms with van der Waals surface area (Å²) in [5.41, 5.74) is -0.303. The average molecular weight is 484 g/mol. The van der Waals surface area contributed by atoms with Gasteiger partial charge in [0, 0.05) is 0 Å². The fourth-order valence-corrected chi connectivity index (χ4v) is 5.89. The third-order valence-electron chi connectivity index (χ3n) is 5.94. The molecule has 178 valence electrons. The van der Waals surface area contributed by atoms with Crippen LogP contribution in [0.15, 0.2) is 60.7 Å². The van der Waals surface area contributed by atoms with Crippen LogP contribution in [0.25, 0.3) is 0 Å². The molecule has 2 fully saturated rings. The second-order valence-corrected chi connectivity index (χ2v) is 10.2. The number of fused-ring (bicyclic) bond motifs is 1. The highest BCUT2D eigenvalue weighted by molar-refractivity contribution is 8.01. The Kier molecular flexibility index (Phi) is 6.52. The SMILES string of the molecule is CC1(C)S[C@@H]2[C@H](NC=O)C(=O)N2[C@@]1(NC(=O)OCc1ccccc1)C(=O)OCc1ccccc1. The van der Waals surface area contributed by atoms with E-state index in [1.165, 1.54) is 16.7 Å². The van der Waals surface area contributed by atoms with Crippen LogP contribution in [0.2, 0.25) is 0 Å². The monoisotopic (exact) mass is 483 g/mol. The van der Waals surface area contributed by atoms with Crippen LogP contribution in [0, 0.1) is 0 Å². The molecule has 0 saturated carbocycles. The van der Waals surface area contributed by atoms with Crippen molar-refractivity contribution in [3.8, 4) is 0 Å². The zero-order chi connectivity index (χ0) is 24.3. The number of thioether (sulfide) groups is 1. The first kappa shape index (κ1) is 23.6. The van der Waals surface area contributed by atoms with Gasteiger partial charge in [-0.05, 0) is 25.0 Å². The highest BCUT2D eigenvalue weighted by Gasteiger charge is 2.74. The largest absolute Gasteiger partial charge is 0.458 e. The van der Waals surface area contributed by atoms with Crippen molar-refractivity contribution in [3.63, 3.8) is 0 Å². The summed E-state index contributed by atoms with van der Waals surface area (Å²) >= 11 is 1.30. The first-order chi connectivity index (χ1) is 16.3. The predicted molar refractivity (Wildman–Crippen MR) is 124 cm³/mol. The fourth-order valence-electron chi connectivity index (χ4n) is 4.19. The van der Waals surface area contributed by atoms with E-state index in [2.05, 4.69) is 10.6 Å². The van der Waals surface area contributed by atoms with Gasteiger partial charge in [0.25, 0.3) is 5.91 Å². The van der Waals surface area contributed by atoms with Crippen LogP contribution in [0.5, 0.6) is 0 Å². The number of rotatable bonds is 8. The first-order valence-corrected chi connectivity index (χ1v) is 11.6. The molecule has 4 rings (SSSR count). The van der Waals surface area contributed by atoms with Crippen LogP contribution < -0.4 is 10.6 Å². The van der Waals surface area contributed by atoms with E-state index in [4.69, 9.17) is 9.47 Å². The Hall–Kier alpha value is -3.53. The highest BCUT2D eigenvalue weighted by Crippen LogP contribution is 2.56. The van der Waals surface area contributed by atoms with Gasteiger partial charge in [0.1, 0.15) is 24.6 Å². The number of hydrogen-bond acceptors (Lipinski definition) is 7. The third-order valence-corrected chi connectivity index (χ3v) is 7.55. The van der Waals surface area contributed by atoms with Crippen molar-refractivity contribution in [1.82, 2.24) is 15.5 Å². The maximum absolute atomic E-state index is 13.6. The summed E-state index contributed by atoms with van der Waals surface area (Å²) in [7, 11) is 0. The summed E-state index contributed by atoms with van der Waals surface area (Å²) < 4.78 is 9.97. The summed E-state index contributed by atoms with van der Waals surface area (Å²) in [6.45, 7) is 3.43. The Morgan fingerprint density at radius 3 is 2.12 bits per heavy atom. The molecule has 0 aliphatic carbocycles. The number of carbonyl (C=O) groups excluding carboxylic acids is 4. The molecule has 2 aliphatic heterocycles. The van der Waals surface area contributed by atoms with E-state index in [1.807, 2.05) is 36.4 Å². The minimum Gasteiger partial charge on any atom is -0.458 e. The van der Waals surface area contributed by atoms with Crippen LogP contribution in [0.3, 0.4) is 0 Å². The molecule has 0 unspecified atom stereocenters. The summed E-state index contributed by atoms with van der Waals surface area (Å²) in [4.78, 5) is 51.7. The van der Waals surface area contributed by atoms with E-state index in [0.29, 0.717) is 6.41 Å². The van der Waals surface area contributed by atoms with Gasteiger partial charge in [0.2, 0.25) is 12.1 Å². The molecule has 0 aromatic heterocycles.